The van der Waals surface area contributed by atoms with Crippen molar-refractivity contribution < 1.29 is 19.4 Å². The number of para-hydroxylation sites is 1. The summed E-state index contributed by atoms with van der Waals surface area (Å²) in [5.41, 5.74) is 12.6. The molecule has 0 fully saturated rings. The van der Waals surface area contributed by atoms with Gasteiger partial charge in [-0.15, -0.1) is 0 Å². The lowest BCUT2D eigenvalue weighted by atomic mass is 10.0. The van der Waals surface area contributed by atoms with Gasteiger partial charge >= 0.3 is 5.97 Å². The molecular weight excluding hydrogens is 548 g/mol. The topological polar surface area (TPSA) is 85.0 Å². The molecule has 3 N–H and O–H groups in total. The summed E-state index contributed by atoms with van der Waals surface area (Å²) in [5, 5.41) is 11.7. The van der Waals surface area contributed by atoms with Crippen molar-refractivity contribution in [1.29, 1.82) is 0 Å². The number of fused-ring (bicyclic) bond motifs is 1. The highest BCUT2D eigenvalue weighted by molar-refractivity contribution is 5.87. The van der Waals surface area contributed by atoms with Crippen molar-refractivity contribution >= 4 is 16.7 Å². The van der Waals surface area contributed by atoms with Crippen LogP contribution < -0.4 is 15.2 Å². The first-order valence-corrected chi connectivity index (χ1v) is 15.0. The average Bonchev–Trinajstić information content (AvgIpc) is 3.02. The second-order valence-corrected chi connectivity index (χ2v) is 11.4. The minimum Gasteiger partial charge on any atom is -0.489 e. The molecule has 0 spiro atoms. The maximum atomic E-state index is 11.6. The van der Waals surface area contributed by atoms with Gasteiger partial charge < -0.3 is 20.3 Å². The lowest BCUT2D eigenvalue weighted by Crippen LogP contribution is -2.35. The Balaban J connectivity index is 1.43. The number of carboxylic acid groups (broad SMARTS) is 1. The number of rotatable bonds is 14. The first-order valence-electron chi connectivity index (χ1n) is 15.0. The normalized spacial score (nSPS) is 11.9. The molecule has 5 aromatic carbocycles. The Morgan fingerprint density at radius 1 is 0.750 bits per heavy atom. The summed E-state index contributed by atoms with van der Waals surface area (Å²) in [6, 6.07) is 36.1. The van der Waals surface area contributed by atoms with E-state index < -0.39 is 12.0 Å². The maximum Gasteiger partial charge on any atom is 0.320 e. The average molecular weight is 589 g/mol. The van der Waals surface area contributed by atoms with Crippen LogP contribution in [0.25, 0.3) is 10.8 Å². The third-order valence-electron chi connectivity index (χ3n) is 7.77. The second-order valence-electron chi connectivity index (χ2n) is 11.4. The Labute approximate surface area is 259 Å². The van der Waals surface area contributed by atoms with Gasteiger partial charge in [0, 0.05) is 30.8 Å². The Morgan fingerprint density at radius 2 is 1.39 bits per heavy atom. The molecule has 5 aromatic rings. The Morgan fingerprint density at radius 3 is 2.07 bits per heavy atom. The predicted molar refractivity (Wildman–Crippen MR) is 176 cm³/mol. The number of nitrogens with two attached hydrogens (primary N) is 1. The summed E-state index contributed by atoms with van der Waals surface area (Å²) in [6.07, 6.45) is 0.311. The van der Waals surface area contributed by atoms with Crippen LogP contribution in [0.5, 0.6) is 11.5 Å². The molecule has 0 heterocycles. The summed E-state index contributed by atoms with van der Waals surface area (Å²) < 4.78 is 12.8. The molecule has 1 atom stereocenters. The SMILES string of the molecule is Cc1cccc(COc2ccccc2CN(CC[C@H](N)C(=O)O)Cc2c(OCc3cccc(C)c3)ccc3ccccc23)c1. The van der Waals surface area contributed by atoms with E-state index >= 15 is 0 Å². The van der Waals surface area contributed by atoms with Gasteiger partial charge in [0.15, 0.2) is 0 Å². The molecule has 0 unspecified atom stereocenters. The van der Waals surface area contributed by atoms with Gasteiger partial charge in [-0.2, -0.15) is 0 Å². The fraction of sp³-hybridized carbons (Fsp3) is 0.237. The molecule has 0 saturated carbocycles. The van der Waals surface area contributed by atoms with Crippen LogP contribution in [0, 0.1) is 13.8 Å². The predicted octanol–water partition coefficient (Wildman–Crippen LogP) is 7.42. The minimum atomic E-state index is -1.00. The lowest BCUT2D eigenvalue weighted by molar-refractivity contribution is -0.138. The van der Waals surface area contributed by atoms with Gasteiger partial charge in [-0.3, -0.25) is 9.69 Å². The summed E-state index contributed by atoms with van der Waals surface area (Å²) >= 11 is 0. The molecule has 226 valence electrons. The molecule has 0 aliphatic heterocycles. The maximum absolute atomic E-state index is 11.6. The van der Waals surface area contributed by atoms with Crippen LogP contribution in [-0.2, 0) is 31.1 Å². The van der Waals surface area contributed by atoms with Gasteiger partial charge in [-0.25, -0.2) is 0 Å². The van der Waals surface area contributed by atoms with E-state index in [1.165, 1.54) is 11.1 Å². The van der Waals surface area contributed by atoms with Crippen LogP contribution in [0.1, 0.15) is 39.8 Å². The van der Waals surface area contributed by atoms with Gasteiger partial charge in [0.25, 0.3) is 0 Å². The minimum absolute atomic E-state index is 0.311. The molecule has 0 saturated heterocycles. The lowest BCUT2D eigenvalue weighted by Gasteiger charge is -2.26. The van der Waals surface area contributed by atoms with E-state index in [0.29, 0.717) is 39.3 Å². The zero-order valence-corrected chi connectivity index (χ0v) is 25.4. The van der Waals surface area contributed by atoms with Crippen molar-refractivity contribution in [2.75, 3.05) is 6.54 Å². The van der Waals surface area contributed by atoms with Gasteiger partial charge in [0.05, 0.1) is 0 Å². The van der Waals surface area contributed by atoms with Crippen LogP contribution in [0.2, 0.25) is 0 Å². The van der Waals surface area contributed by atoms with Gasteiger partial charge in [0.2, 0.25) is 0 Å². The molecular formula is C38H40N2O4. The standard InChI is InChI=1S/C38H40N2O4/c1-27-9-7-11-29(21-27)25-43-36-16-6-4-14-32(36)23-40(20-19-35(39)38(41)42)24-34-33-15-5-3-13-31(33)17-18-37(34)44-26-30-12-8-10-28(2)22-30/h3-18,21-22,35H,19-20,23-26,39H2,1-2H3,(H,41,42)/t35-/m0/s1. The van der Waals surface area contributed by atoms with E-state index in [4.69, 9.17) is 15.2 Å². The van der Waals surface area contributed by atoms with Crippen molar-refractivity contribution in [2.45, 2.75) is 52.6 Å². The first kappa shape index (κ1) is 30.8. The fourth-order valence-electron chi connectivity index (χ4n) is 5.44. The molecule has 6 nitrogen and oxygen atoms in total. The molecule has 0 aromatic heterocycles. The number of ether oxygens (including phenoxy) is 2. The molecule has 5 rings (SSSR count). The number of nitrogens with zero attached hydrogens (tertiary/aromatic N) is 1. The van der Waals surface area contributed by atoms with E-state index in [9.17, 15) is 9.90 Å². The largest absolute Gasteiger partial charge is 0.489 e. The molecule has 0 amide bonds. The van der Waals surface area contributed by atoms with Crippen molar-refractivity contribution in [1.82, 2.24) is 4.90 Å². The number of hydrogen-bond acceptors (Lipinski definition) is 5. The third kappa shape index (κ3) is 8.25. The van der Waals surface area contributed by atoms with Crippen LogP contribution in [0.15, 0.2) is 109 Å². The molecule has 0 aliphatic rings. The first-order chi connectivity index (χ1) is 21.4. The van der Waals surface area contributed by atoms with Crippen LogP contribution in [0.4, 0.5) is 0 Å². The summed E-state index contributed by atoms with van der Waals surface area (Å²) in [7, 11) is 0. The Kier molecular flexibility index (Phi) is 10.3. The van der Waals surface area contributed by atoms with Gasteiger partial charge in [-0.1, -0.05) is 108 Å². The Hall–Kier alpha value is -4.65. The zero-order valence-electron chi connectivity index (χ0n) is 25.4. The quantitative estimate of drug-likeness (QED) is 0.140. The third-order valence-corrected chi connectivity index (χ3v) is 7.77. The summed E-state index contributed by atoms with van der Waals surface area (Å²) in [6.45, 7) is 6.64. The van der Waals surface area contributed by atoms with Crippen molar-refractivity contribution in [3.8, 4) is 11.5 Å². The number of hydrogen-bond donors (Lipinski definition) is 2. The summed E-state index contributed by atoms with van der Waals surface area (Å²) in [5.74, 6) is 0.608. The van der Waals surface area contributed by atoms with E-state index in [-0.39, 0.29) is 0 Å². The zero-order chi connectivity index (χ0) is 30.9. The number of benzene rings is 5. The van der Waals surface area contributed by atoms with E-state index in [0.717, 1.165) is 44.5 Å². The molecule has 44 heavy (non-hydrogen) atoms. The number of carboxylic acids is 1. The molecule has 0 radical (unpaired) electrons. The van der Waals surface area contributed by atoms with Crippen LogP contribution >= 0.6 is 0 Å². The van der Waals surface area contributed by atoms with E-state index in [1.54, 1.807) is 0 Å². The van der Waals surface area contributed by atoms with Crippen LogP contribution in [0.3, 0.4) is 0 Å². The highest BCUT2D eigenvalue weighted by Gasteiger charge is 2.19. The Bertz CT molecular complexity index is 1720. The van der Waals surface area contributed by atoms with Gasteiger partial charge in [0.1, 0.15) is 30.8 Å². The highest BCUT2D eigenvalue weighted by atomic mass is 16.5. The van der Waals surface area contributed by atoms with Gasteiger partial charge in [-0.05, 0) is 54.3 Å². The number of aliphatic carboxylic acids is 1. The molecule has 0 aliphatic carbocycles. The molecule has 0 bridgehead atoms. The van der Waals surface area contributed by atoms with E-state index in [1.807, 2.05) is 48.5 Å². The smallest absolute Gasteiger partial charge is 0.320 e. The highest BCUT2D eigenvalue weighted by Crippen LogP contribution is 2.32. The monoisotopic (exact) mass is 588 g/mol. The number of carbonyl (C=O) groups is 1. The molecule has 6 heteroatoms. The van der Waals surface area contributed by atoms with Crippen molar-refractivity contribution in [3.63, 3.8) is 0 Å². The van der Waals surface area contributed by atoms with E-state index in [2.05, 4.69) is 79.4 Å². The second kappa shape index (κ2) is 14.7. The van der Waals surface area contributed by atoms with Crippen molar-refractivity contribution in [3.05, 3.63) is 143 Å². The summed E-state index contributed by atoms with van der Waals surface area (Å²) in [4.78, 5) is 13.9. The number of aryl methyl sites for hydroxylation is 2. The van der Waals surface area contributed by atoms with Crippen molar-refractivity contribution in [2.24, 2.45) is 5.73 Å². The van der Waals surface area contributed by atoms with Crippen LogP contribution in [-0.4, -0.2) is 28.6 Å². The fourth-order valence-corrected chi connectivity index (χ4v) is 5.44.